The molecule has 3 heterocycles. The molecular weight excluding hydrogens is 366 g/mol. The highest BCUT2D eigenvalue weighted by molar-refractivity contribution is 5.79. The van der Waals surface area contributed by atoms with Crippen LogP contribution in [0.3, 0.4) is 0 Å². The second kappa shape index (κ2) is 8.61. The molecule has 1 atom stereocenters. The molecule has 1 fully saturated rings. The van der Waals surface area contributed by atoms with Crippen molar-refractivity contribution in [2.24, 2.45) is 0 Å². The number of benzene rings is 1. The number of carbonyl (C=O) groups excluding carboxylic acids is 1. The molecule has 1 N–H and O–H groups in total. The van der Waals surface area contributed by atoms with Gasteiger partial charge in [0.2, 0.25) is 5.91 Å². The van der Waals surface area contributed by atoms with Crippen molar-refractivity contribution in [1.82, 2.24) is 25.0 Å². The lowest BCUT2D eigenvalue weighted by Gasteiger charge is -2.17. The molecule has 0 spiro atoms. The number of fused-ring (bicyclic) bond motifs is 1. The summed E-state index contributed by atoms with van der Waals surface area (Å²) in [6.07, 6.45) is 2.87. The third-order valence-corrected chi connectivity index (χ3v) is 5.48. The number of rotatable bonds is 7. The molecule has 0 aliphatic carbocycles. The standard InChI is InChI=1S/C22H27N5O2/c1-16(28)23-11-13-27-22-19(7-5-10-24-22)21(25-27)18-9-12-26(15-18)14-17-6-3-4-8-20(17)29-2/h3-8,10,18H,9,11-15H2,1-2H3,(H,23,28)/t18-/m1/s1. The van der Waals surface area contributed by atoms with E-state index in [1.165, 1.54) is 12.5 Å². The van der Waals surface area contributed by atoms with Crippen molar-refractivity contribution in [1.29, 1.82) is 0 Å². The molecule has 0 saturated carbocycles. The first-order valence-electron chi connectivity index (χ1n) is 10.1. The van der Waals surface area contributed by atoms with E-state index in [1.54, 1.807) is 13.3 Å². The summed E-state index contributed by atoms with van der Waals surface area (Å²) in [4.78, 5) is 18.2. The minimum absolute atomic E-state index is 0.0302. The van der Waals surface area contributed by atoms with E-state index in [2.05, 4.69) is 33.4 Å². The normalized spacial score (nSPS) is 17.0. The third-order valence-electron chi connectivity index (χ3n) is 5.48. The molecule has 1 amide bonds. The lowest BCUT2D eigenvalue weighted by Crippen LogP contribution is -2.25. The number of likely N-dealkylation sites (tertiary alicyclic amines) is 1. The molecule has 0 unspecified atom stereocenters. The molecule has 1 aromatic carbocycles. The van der Waals surface area contributed by atoms with Gasteiger partial charge in [-0.1, -0.05) is 18.2 Å². The highest BCUT2D eigenvalue weighted by Crippen LogP contribution is 2.32. The lowest BCUT2D eigenvalue weighted by atomic mass is 10.0. The zero-order chi connectivity index (χ0) is 20.2. The van der Waals surface area contributed by atoms with Crippen LogP contribution in [0.2, 0.25) is 0 Å². The Bertz CT molecular complexity index is 1000. The fourth-order valence-corrected chi connectivity index (χ4v) is 4.10. The predicted molar refractivity (Wildman–Crippen MR) is 112 cm³/mol. The molecular formula is C22H27N5O2. The number of nitrogens with one attached hydrogen (secondary N) is 1. The van der Waals surface area contributed by atoms with Crippen LogP contribution in [0, 0.1) is 0 Å². The highest BCUT2D eigenvalue weighted by atomic mass is 16.5. The van der Waals surface area contributed by atoms with Gasteiger partial charge in [-0.25, -0.2) is 9.67 Å². The van der Waals surface area contributed by atoms with Crippen LogP contribution in [0.1, 0.15) is 30.5 Å². The van der Waals surface area contributed by atoms with Crippen LogP contribution in [-0.4, -0.2) is 52.3 Å². The molecule has 2 aromatic heterocycles. The average molecular weight is 393 g/mol. The van der Waals surface area contributed by atoms with E-state index in [1.807, 2.05) is 22.9 Å². The van der Waals surface area contributed by atoms with Gasteiger partial charge in [0.05, 0.1) is 19.3 Å². The van der Waals surface area contributed by atoms with Gasteiger partial charge in [-0.3, -0.25) is 9.69 Å². The first-order chi connectivity index (χ1) is 14.2. The maximum Gasteiger partial charge on any atom is 0.216 e. The molecule has 152 valence electrons. The summed E-state index contributed by atoms with van der Waals surface area (Å²) in [7, 11) is 1.72. The molecule has 1 saturated heterocycles. The Morgan fingerprint density at radius 2 is 2.14 bits per heavy atom. The number of methoxy groups -OCH3 is 1. The van der Waals surface area contributed by atoms with Gasteiger partial charge >= 0.3 is 0 Å². The van der Waals surface area contributed by atoms with E-state index in [0.29, 0.717) is 19.0 Å². The summed E-state index contributed by atoms with van der Waals surface area (Å²) >= 11 is 0. The molecule has 0 bridgehead atoms. The molecule has 3 aromatic rings. The first-order valence-corrected chi connectivity index (χ1v) is 10.1. The quantitative estimate of drug-likeness (QED) is 0.668. The Morgan fingerprint density at radius 3 is 2.97 bits per heavy atom. The monoisotopic (exact) mass is 393 g/mol. The number of aromatic nitrogens is 3. The fraction of sp³-hybridized carbons (Fsp3) is 0.409. The minimum Gasteiger partial charge on any atom is -0.496 e. The van der Waals surface area contributed by atoms with E-state index >= 15 is 0 Å². The minimum atomic E-state index is -0.0302. The van der Waals surface area contributed by atoms with Crippen molar-refractivity contribution in [3.8, 4) is 5.75 Å². The van der Waals surface area contributed by atoms with Crippen molar-refractivity contribution < 1.29 is 9.53 Å². The molecule has 7 heteroatoms. The first kappa shape index (κ1) is 19.4. The SMILES string of the molecule is COc1ccccc1CN1CC[C@@H](c2nn(CCNC(C)=O)c3ncccc23)C1. The number of amides is 1. The fourth-order valence-electron chi connectivity index (χ4n) is 4.10. The number of nitrogens with zero attached hydrogens (tertiary/aromatic N) is 4. The highest BCUT2D eigenvalue weighted by Gasteiger charge is 2.28. The number of hydrogen-bond donors (Lipinski definition) is 1. The number of ether oxygens (including phenoxy) is 1. The molecule has 1 aliphatic heterocycles. The Balaban J connectivity index is 1.51. The van der Waals surface area contributed by atoms with Crippen molar-refractivity contribution in [2.75, 3.05) is 26.7 Å². The Kier molecular flexibility index (Phi) is 5.76. The van der Waals surface area contributed by atoms with Crippen molar-refractivity contribution in [2.45, 2.75) is 32.4 Å². The van der Waals surface area contributed by atoms with Crippen LogP contribution in [0.25, 0.3) is 11.0 Å². The number of para-hydroxylation sites is 1. The van der Waals surface area contributed by atoms with Gasteiger partial charge in [-0.15, -0.1) is 0 Å². The van der Waals surface area contributed by atoms with Crippen molar-refractivity contribution in [3.05, 3.63) is 53.9 Å². The number of carbonyl (C=O) groups is 1. The Morgan fingerprint density at radius 1 is 1.28 bits per heavy atom. The van der Waals surface area contributed by atoms with Crippen molar-refractivity contribution >= 4 is 16.9 Å². The summed E-state index contributed by atoms with van der Waals surface area (Å²) in [5.74, 6) is 1.28. The predicted octanol–water partition coefficient (Wildman–Crippen LogP) is 2.57. The maximum absolute atomic E-state index is 11.2. The summed E-state index contributed by atoms with van der Waals surface area (Å²) in [6.45, 7) is 5.56. The molecule has 7 nitrogen and oxygen atoms in total. The van der Waals surface area contributed by atoms with Gasteiger partial charge in [0, 0.05) is 49.6 Å². The van der Waals surface area contributed by atoms with E-state index in [0.717, 1.165) is 48.5 Å². The second-order valence-electron chi connectivity index (χ2n) is 7.50. The van der Waals surface area contributed by atoms with Gasteiger partial charge in [0.25, 0.3) is 0 Å². The Hall–Kier alpha value is -2.93. The largest absolute Gasteiger partial charge is 0.496 e. The third kappa shape index (κ3) is 4.24. The zero-order valence-electron chi connectivity index (χ0n) is 17.0. The Labute approximate surface area is 170 Å². The van der Waals surface area contributed by atoms with E-state index < -0.39 is 0 Å². The van der Waals surface area contributed by atoms with E-state index in [4.69, 9.17) is 9.84 Å². The van der Waals surface area contributed by atoms with E-state index in [9.17, 15) is 4.79 Å². The van der Waals surface area contributed by atoms with E-state index in [-0.39, 0.29) is 5.91 Å². The van der Waals surface area contributed by atoms with Gasteiger partial charge in [0.1, 0.15) is 5.75 Å². The lowest BCUT2D eigenvalue weighted by molar-refractivity contribution is -0.118. The van der Waals surface area contributed by atoms with Crippen LogP contribution >= 0.6 is 0 Å². The van der Waals surface area contributed by atoms with Gasteiger partial charge in [-0.2, -0.15) is 5.10 Å². The van der Waals surface area contributed by atoms with Gasteiger partial charge < -0.3 is 10.1 Å². The van der Waals surface area contributed by atoms with Crippen LogP contribution in [0.15, 0.2) is 42.6 Å². The summed E-state index contributed by atoms with van der Waals surface area (Å²) in [5, 5.41) is 8.84. The van der Waals surface area contributed by atoms with Crippen LogP contribution in [-0.2, 0) is 17.9 Å². The van der Waals surface area contributed by atoms with Crippen LogP contribution < -0.4 is 10.1 Å². The average Bonchev–Trinajstić information content (AvgIpc) is 3.33. The van der Waals surface area contributed by atoms with Gasteiger partial charge in [0.15, 0.2) is 5.65 Å². The number of hydrogen-bond acceptors (Lipinski definition) is 5. The topological polar surface area (TPSA) is 72.3 Å². The molecule has 4 rings (SSSR count). The molecule has 29 heavy (non-hydrogen) atoms. The zero-order valence-corrected chi connectivity index (χ0v) is 17.0. The van der Waals surface area contributed by atoms with Crippen molar-refractivity contribution in [3.63, 3.8) is 0 Å². The smallest absolute Gasteiger partial charge is 0.216 e. The summed E-state index contributed by atoms with van der Waals surface area (Å²) in [6, 6.07) is 12.3. The second-order valence-corrected chi connectivity index (χ2v) is 7.50. The summed E-state index contributed by atoms with van der Waals surface area (Å²) < 4.78 is 7.42. The van der Waals surface area contributed by atoms with Crippen LogP contribution in [0.5, 0.6) is 5.75 Å². The maximum atomic E-state index is 11.2. The number of pyridine rings is 1. The summed E-state index contributed by atoms with van der Waals surface area (Å²) in [5.41, 5.74) is 3.21. The van der Waals surface area contributed by atoms with Crippen LogP contribution in [0.4, 0.5) is 0 Å². The molecule has 1 aliphatic rings. The van der Waals surface area contributed by atoms with Gasteiger partial charge in [-0.05, 0) is 31.2 Å². The molecule has 0 radical (unpaired) electrons.